The minimum Gasteiger partial charge on any atom is -0.486 e. The van der Waals surface area contributed by atoms with E-state index >= 15 is 0 Å². The molecular formula is C30H33BrFN3O6S. The number of carbonyl (C=O) groups excluding carboxylic acids is 2. The van der Waals surface area contributed by atoms with Gasteiger partial charge in [0.1, 0.15) is 31.6 Å². The quantitative estimate of drug-likeness (QED) is 0.277. The van der Waals surface area contributed by atoms with Crippen molar-refractivity contribution in [2.45, 2.75) is 44.2 Å². The second kappa shape index (κ2) is 14.0. The molecule has 1 heterocycles. The molecule has 0 saturated carbocycles. The molecule has 0 spiro atoms. The molecule has 4 rings (SSSR count). The van der Waals surface area contributed by atoms with Crippen LogP contribution in [0, 0.1) is 5.82 Å². The number of amides is 2. The van der Waals surface area contributed by atoms with Gasteiger partial charge in [0.15, 0.2) is 11.5 Å². The third kappa shape index (κ3) is 7.60. The first-order valence-electron chi connectivity index (χ1n) is 13.6. The Kier molecular flexibility index (Phi) is 10.4. The van der Waals surface area contributed by atoms with E-state index in [4.69, 9.17) is 9.47 Å². The lowest BCUT2D eigenvalue weighted by Gasteiger charge is -2.32. The summed E-state index contributed by atoms with van der Waals surface area (Å²) in [5.74, 6) is -0.843. The highest BCUT2D eigenvalue weighted by molar-refractivity contribution is 9.10. The van der Waals surface area contributed by atoms with E-state index in [1.165, 1.54) is 35.2 Å². The number of nitrogens with zero attached hydrogens (tertiary/aromatic N) is 2. The first-order valence-corrected chi connectivity index (χ1v) is 15.8. The van der Waals surface area contributed by atoms with Crippen molar-refractivity contribution in [2.24, 2.45) is 0 Å². The van der Waals surface area contributed by atoms with Gasteiger partial charge in [0.05, 0.1) is 10.6 Å². The van der Waals surface area contributed by atoms with E-state index in [9.17, 15) is 22.4 Å². The summed E-state index contributed by atoms with van der Waals surface area (Å²) in [5, 5.41) is 2.85. The van der Waals surface area contributed by atoms with Crippen LogP contribution < -0.4 is 19.1 Å². The summed E-state index contributed by atoms with van der Waals surface area (Å²) in [5.41, 5.74) is 0.839. The molecule has 0 aromatic heterocycles. The molecule has 1 aliphatic rings. The Hall–Kier alpha value is -3.64. The molecule has 1 aliphatic heterocycles. The Balaban J connectivity index is 1.69. The Morgan fingerprint density at radius 3 is 2.33 bits per heavy atom. The van der Waals surface area contributed by atoms with Gasteiger partial charge in [0.2, 0.25) is 11.8 Å². The number of unbranched alkanes of at least 4 members (excludes halogenated alkanes) is 1. The van der Waals surface area contributed by atoms with Gasteiger partial charge in [-0.3, -0.25) is 13.9 Å². The summed E-state index contributed by atoms with van der Waals surface area (Å²) >= 11 is 3.40. The molecule has 224 valence electrons. The zero-order chi connectivity index (χ0) is 30.3. The predicted molar refractivity (Wildman–Crippen MR) is 160 cm³/mol. The minimum absolute atomic E-state index is 0.0653. The third-order valence-corrected chi connectivity index (χ3v) is 9.06. The number of hydrogen-bond donors (Lipinski definition) is 1. The first-order chi connectivity index (χ1) is 20.1. The van der Waals surface area contributed by atoms with Crippen molar-refractivity contribution in [3.05, 3.63) is 82.6 Å². The van der Waals surface area contributed by atoms with Crippen LogP contribution in [-0.4, -0.2) is 57.5 Å². The lowest BCUT2D eigenvalue weighted by atomic mass is 10.1. The summed E-state index contributed by atoms with van der Waals surface area (Å²) in [6, 6.07) is 15.4. The van der Waals surface area contributed by atoms with E-state index in [1.807, 2.05) is 31.2 Å². The topological polar surface area (TPSA) is 105 Å². The number of nitrogens with one attached hydrogen (secondary N) is 1. The molecule has 3 aromatic rings. The smallest absolute Gasteiger partial charge is 0.264 e. The van der Waals surface area contributed by atoms with Crippen LogP contribution in [0.15, 0.2) is 76.1 Å². The van der Waals surface area contributed by atoms with E-state index in [0.717, 1.165) is 39.3 Å². The van der Waals surface area contributed by atoms with E-state index in [-0.39, 0.29) is 35.4 Å². The van der Waals surface area contributed by atoms with Gasteiger partial charge < -0.3 is 19.7 Å². The summed E-state index contributed by atoms with van der Waals surface area (Å²) in [7, 11) is -4.35. The monoisotopic (exact) mass is 661 g/mol. The van der Waals surface area contributed by atoms with Gasteiger partial charge in [-0.05, 0) is 67.4 Å². The van der Waals surface area contributed by atoms with E-state index in [0.29, 0.717) is 18.9 Å². The van der Waals surface area contributed by atoms with Crippen molar-refractivity contribution in [1.29, 1.82) is 0 Å². The Morgan fingerprint density at radius 1 is 1.00 bits per heavy atom. The summed E-state index contributed by atoms with van der Waals surface area (Å²) in [6.45, 7) is 4.11. The molecule has 2 amide bonds. The van der Waals surface area contributed by atoms with Crippen molar-refractivity contribution in [3.8, 4) is 11.5 Å². The second-order valence-corrected chi connectivity index (χ2v) is 12.5. The Morgan fingerprint density at radius 2 is 1.67 bits per heavy atom. The fraction of sp³-hybridized carbons (Fsp3) is 0.333. The highest BCUT2D eigenvalue weighted by atomic mass is 79.9. The fourth-order valence-electron chi connectivity index (χ4n) is 4.35. The maximum Gasteiger partial charge on any atom is 0.264 e. The number of sulfonamides is 1. The zero-order valence-corrected chi connectivity index (χ0v) is 25.8. The van der Waals surface area contributed by atoms with Gasteiger partial charge in [-0.1, -0.05) is 41.4 Å². The standard InChI is InChI=1S/C30H33BrFN3O6S/c1-3-4-15-33-30(37)21(2)34(19-22-5-7-23(31)8-6-22)29(36)20-35(25-11-9-24(32)10-12-25)42(38,39)26-13-14-27-28(18-26)41-17-16-40-27/h5-14,18,21H,3-4,15-17,19-20H2,1-2H3,(H,33,37). The molecule has 1 N–H and O–H groups in total. The number of hydrogen-bond acceptors (Lipinski definition) is 6. The van der Waals surface area contributed by atoms with Crippen LogP contribution in [-0.2, 0) is 26.2 Å². The number of ether oxygens (including phenoxy) is 2. The summed E-state index contributed by atoms with van der Waals surface area (Å²) in [6.07, 6.45) is 1.67. The van der Waals surface area contributed by atoms with Gasteiger partial charge >= 0.3 is 0 Å². The number of halogens is 2. The van der Waals surface area contributed by atoms with Crippen molar-refractivity contribution >= 4 is 43.5 Å². The van der Waals surface area contributed by atoms with Crippen LogP contribution in [0.1, 0.15) is 32.3 Å². The van der Waals surface area contributed by atoms with Crippen LogP contribution in [0.25, 0.3) is 0 Å². The number of anilines is 1. The first kappa shape index (κ1) is 31.3. The average Bonchev–Trinajstić information content (AvgIpc) is 2.99. The lowest BCUT2D eigenvalue weighted by Crippen LogP contribution is -2.51. The molecule has 42 heavy (non-hydrogen) atoms. The van der Waals surface area contributed by atoms with Crippen LogP contribution in [0.4, 0.5) is 10.1 Å². The highest BCUT2D eigenvalue weighted by Gasteiger charge is 2.33. The van der Waals surface area contributed by atoms with Gasteiger partial charge in [-0.2, -0.15) is 0 Å². The summed E-state index contributed by atoms with van der Waals surface area (Å²) in [4.78, 5) is 28.2. The minimum atomic E-state index is -4.35. The lowest BCUT2D eigenvalue weighted by molar-refractivity contribution is -0.139. The van der Waals surface area contributed by atoms with E-state index < -0.39 is 34.3 Å². The number of rotatable bonds is 12. The molecule has 0 radical (unpaired) electrons. The van der Waals surface area contributed by atoms with Crippen LogP contribution in [0.2, 0.25) is 0 Å². The zero-order valence-electron chi connectivity index (χ0n) is 23.4. The predicted octanol–water partition coefficient (Wildman–Crippen LogP) is 4.89. The molecule has 1 atom stereocenters. The van der Waals surface area contributed by atoms with Crippen LogP contribution >= 0.6 is 15.9 Å². The van der Waals surface area contributed by atoms with Gasteiger partial charge in [-0.25, -0.2) is 12.8 Å². The third-order valence-electron chi connectivity index (χ3n) is 6.76. The number of fused-ring (bicyclic) bond motifs is 1. The molecule has 12 heteroatoms. The Labute approximate surface area is 253 Å². The van der Waals surface area contributed by atoms with Crippen LogP contribution in [0.5, 0.6) is 11.5 Å². The molecule has 1 unspecified atom stereocenters. The molecule has 0 aliphatic carbocycles. The number of carbonyl (C=O) groups is 2. The van der Waals surface area contributed by atoms with Gasteiger partial charge in [0, 0.05) is 23.6 Å². The molecule has 9 nitrogen and oxygen atoms in total. The summed E-state index contributed by atoms with van der Waals surface area (Å²) < 4.78 is 54.7. The fourth-order valence-corrected chi connectivity index (χ4v) is 6.05. The van der Waals surface area contributed by atoms with Gasteiger partial charge in [0.25, 0.3) is 10.0 Å². The molecule has 0 saturated heterocycles. The average molecular weight is 663 g/mol. The number of benzene rings is 3. The molecule has 3 aromatic carbocycles. The highest BCUT2D eigenvalue weighted by Crippen LogP contribution is 2.34. The normalized spacial score (nSPS) is 13.2. The maximum atomic E-state index is 14.0. The Bertz CT molecular complexity index is 1500. The van der Waals surface area contributed by atoms with Gasteiger partial charge in [-0.15, -0.1) is 0 Å². The molecule has 0 fully saturated rings. The van der Waals surface area contributed by atoms with E-state index in [2.05, 4.69) is 21.2 Å². The largest absolute Gasteiger partial charge is 0.486 e. The SMILES string of the molecule is CCCCNC(=O)C(C)N(Cc1ccc(Br)cc1)C(=O)CN(c1ccc(F)cc1)S(=O)(=O)c1ccc2c(c1)OCCO2. The maximum absolute atomic E-state index is 14.0. The molecular weight excluding hydrogens is 629 g/mol. The van der Waals surface area contributed by atoms with Crippen LogP contribution in [0.3, 0.4) is 0 Å². The van der Waals surface area contributed by atoms with Crippen molar-refractivity contribution in [1.82, 2.24) is 10.2 Å². The van der Waals surface area contributed by atoms with Crippen molar-refractivity contribution < 1.29 is 31.9 Å². The second-order valence-electron chi connectivity index (χ2n) is 9.76. The molecule has 0 bridgehead atoms. The van der Waals surface area contributed by atoms with Crippen molar-refractivity contribution in [3.63, 3.8) is 0 Å². The van der Waals surface area contributed by atoms with E-state index in [1.54, 1.807) is 6.92 Å². The van der Waals surface area contributed by atoms with Crippen molar-refractivity contribution in [2.75, 3.05) is 30.6 Å².